The van der Waals surface area contributed by atoms with Gasteiger partial charge in [0.15, 0.2) is 0 Å². The first-order valence-corrected chi connectivity index (χ1v) is 7.98. The van der Waals surface area contributed by atoms with Gasteiger partial charge >= 0.3 is 0 Å². The number of hydrogen-bond donors (Lipinski definition) is 1. The van der Waals surface area contributed by atoms with Gasteiger partial charge in [-0.05, 0) is 23.6 Å². The number of carbonyl (C=O) groups excluding carboxylic acids is 2. The van der Waals surface area contributed by atoms with Crippen LogP contribution in [0.25, 0.3) is 0 Å². The van der Waals surface area contributed by atoms with Crippen LogP contribution in [0.3, 0.4) is 0 Å². The third kappa shape index (κ3) is 3.57. The molecule has 0 spiro atoms. The molecule has 120 valence electrons. The van der Waals surface area contributed by atoms with E-state index in [0.717, 1.165) is 4.88 Å². The molecule has 0 aliphatic carbocycles. The Bertz CT molecular complexity index is 705. The number of para-hydroxylation sites is 1. The number of ether oxygens (including phenoxy) is 1. The average Bonchev–Trinajstić information content (AvgIpc) is 3.04. The Labute approximate surface area is 136 Å². The molecule has 1 saturated heterocycles. The van der Waals surface area contributed by atoms with Crippen molar-refractivity contribution in [1.82, 2.24) is 4.90 Å². The molecule has 7 heteroatoms. The molecule has 2 amide bonds. The van der Waals surface area contributed by atoms with Gasteiger partial charge in [-0.1, -0.05) is 18.2 Å². The number of nitrogens with one attached hydrogen (secondary N) is 1. The smallest absolute Gasteiger partial charge is 0.249 e. The van der Waals surface area contributed by atoms with Crippen molar-refractivity contribution in [2.75, 3.05) is 18.5 Å². The molecule has 1 aliphatic rings. The van der Waals surface area contributed by atoms with Gasteiger partial charge in [-0.2, -0.15) is 0 Å². The van der Waals surface area contributed by atoms with Gasteiger partial charge in [-0.3, -0.25) is 9.59 Å². The minimum Gasteiger partial charge on any atom is -0.369 e. The van der Waals surface area contributed by atoms with E-state index in [1.54, 1.807) is 12.1 Å². The molecule has 0 bridgehead atoms. The van der Waals surface area contributed by atoms with Crippen molar-refractivity contribution in [1.29, 1.82) is 0 Å². The van der Waals surface area contributed by atoms with Crippen LogP contribution < -0.4 is 5.32 Å². The van der Waals surface area contributed by atoms with Gasteiger partial charge in [0, 0.05) is 4.88 Å². The highest BCUT2D eigenvalue weighted by Crippen LogP contribution is 2.19. The highest BCUT2D eigenvalue weighted by Gasteiger charge is 2.34. The van der Waals surface area contributed by atoms with Gasteiger partial charge in [0.05, 0.1) is 18.8 Å². The topological polar surface area (TPSA) is 58.6 Å². The minimum atomic E-state index is -0.780. The van der Waals surface area contributed by atoms with E-state index in [1.165, 1.54) is 28.4 Å². The summed E-state index contributed by atoms with van der Waals surface area (Å²) in [6.07, 6.45) is 0. The zero-order chi connectivity index (χ0) is 16.2. The number of morpholine rings is 1. The lowest BCUT2D eigenvalue weighted by Gasteiger charge is -2.34. The first-order valence-electron chi connectivity index (χ1n) is 7.10. The molecule has 1 aromatic carbocycles. The van der Waals surface area contributed by atoms with Crippen LogP contribution in [0, 0.1) is 5.82 Å². The van der Waals surface area contributed by atoms with Crippen molar-refractivity contribution >= 4 is 28.8 Å². The van der Waals surface area contributed by atoms with Gasteiger partial charge in [0.1, 0.15) is 18.5 Å². The number of carbonyl (C=O) groups is 2. The highest BCUT2D eigenvalue weighted by molar-refractivity contribution is 7.09. The maximum atomic E-state index is 13.7. The summed E-state index contributed by atoms with van der Waals surface area (Å²) in [6, 6.07) is 8.92. The highest BCUT2D eigenvalue weighted by atomic mass is 32.1. The number of rotatable bonds is 4. The number of nitrogens with zero attached hydrogens (tertiary/aromatic N) is 1. The fourth-order valence-electron chi connectivity index (χ4n) is 2.37. The van der Waals surface area contributed by atoms with E-state index in [-0.39, 0.29) is 24.8 Å². The summed E-state index contributed by atoms with van der Waals surface area (Å²) in [7, 11) is 0. The van der Waals surface area contributed by atoms with Crippen LogP contribution in [0.15, 0.2) is 41.8 Å². The molecule has 1 aliphatic heterocycles. The Morgan fingerprint density at radius 3 is 2.91 bits per heavy atom. The molecule has 2 heterocycles. The largest absolute Gasteiger partial charge is 0.369 e. The molecular formula is C16H15FN2O3S. The summed E-state index contributed by atoms with van der Waals surface area (Å²) in [5.41, 5.74) is 0.0894. The van der Waals surface area contributed by atoms with Crippen LogP contribution >= 0.6 is 11.3 Å². The number of amides is 2. The van der Waals surface area contributed by atoms with Crippen molar-refractivity contribution in [2.45, 2.75) is 12.6 Å². The molecular weight excluding hydrogens is 319 g/mol. The van der Waals surface area contributed by atoms with Crippen molar-refractivity contribution in [3.63, 3.8) is 0 Å². The first-order chi connectivity index (χ1) is 11.1. The molecule has 1 N–H and O–H groups in total. The second-order valence-corrected chi connectivity index (χ2v) is 6.13. The van der Waals surface area contributed by atoms with Crippen LogP contribution in [0.5, 0.6) is 0 Å². The van der Waals surface area contributed by atoms with Gasteiger partial charge in [-0.25, -0.2) is 4.39 Å². The number of hydrogen-bond acceptors (Lipinski definition) is 4. The van der Waals surface area contributed by atoms with Crippen LogP contribution in [-0.2, 0) is 20.9 Å². The van der Waals surface area contributed by atoms with Crippen molar-refractivity contribution in [2.24, 2.45) is 0 Å². The van der Waals surface area contributed by atoms with Crippen LogP contribution in [0.2, 0.25) is 0 Å². The van der Waals surface area contributed by atoms with Gasteiger partial charge in [-0.15, -0.1) is 11.3 Å². The molecule has 1 atom stereocenters. The fraction of sp³-hybridized carbons (Fsp3) is 0.250. The van der Waals surface area contributed by atoms with Gasteiger partial charge < -0.3 is 15.0 Å². The normalized spacial score (nSPS) is 18.0. The second-order valence-electron chi connectivity index (χ2n) is 5.10. The van der Waals surface area contributed by atoms with E-state index in [2.05, 4.69) is 5.32 Å². The van der Waals surface area contributed by atoms with Crippen LogP contribution in [0.1, 0.15) is 4.88 Å². The lowest BCUT2D eigenvalue weighted by Crippen LogP contribution is -2.54. The van der Waals surface area contributed by atoms with Crippen molar-refractivity contribution in [3.05, 3.63) is 52.5 Å². The summed E-state index contributed by atoms with van der Waals surface area (Å²) in [6.45, 7) is 0.390. The number of anilines is 1. The molecule has 2 aromatic rings. The Morgan fingerprint density at radius 2 is 2.17 bits per heavy atom. The van der Waals surface area contributed by atoms with Gasteiger partial charge in [0.25, 0.3) is 0 Å². The van der Waals surface area contributed by atoms with E-state index >= 15 is 0 Å². The first kappa shape index (κ1) is 15.6. The lowest BCUT2D eigenvalue weighted by atomic mass is 10.2. The van der Waals surface area contributed by atoms with Crippen LogP contribution in [-0.4, -0.2) is 36.0 Å². The van der Waals surface area contributed by atoms with Crippen molar-refractivity contribution in [3.8, 4) is 0 Å². The summed E-state index contributed by atoms with van der Waals surface area (Å²) in [4.78, 5) is 27.0. The average molecular weight is 334 g/mol. The molecule has 23 heavy (non-hydrogen) atoms. The molecule has 0 saturated carbocycles. The zero-order valence-electron chi connectivity index (χ0n) is 12.2. The Balaban J connectivity index is 1.76. The minimum absolute atomic E-state index is 0.0468. The molecule has 1 aromatic heterocycles. The summed E-state index contributed by atoms with van der Waals surface area (Å²) in [5.74, 6) is -1.23. The number of thiophene rings is 1. The molecule has 5 nitrogen and oxygen atoms in total. The monoisotopic (exact) mass is 334 g/mol. The Morgan fingerprint density at radius 1 is 1.35 bits per heavy atom. The maximum absolute atomic E-state index is 13.7. The van der Waals surface area contributed by atoms with E-state index < -0.39 is 17.8 Å². The predicted octanol–water partition coefficient (Wildman–Crippen LogP) is 2.25. The SMILES string of the molecule is O=C(Nc1ccccc1F)C1COCC(=O)N1Cc1cccs1. The number of halogens is 1. The number of benzene rings is 1. The molecule has 3 rings (SSSR count). The Hall–Kier alpha value is -2.25. The maximum Gasteiger partial charge on any atom is 0.249 e. The third-order valence-electron chi connectivity index (χ3n) is 3.54. The summed E-state index contributed by atoms with van der Waals surface area (Å²) >= 11 is 1.51. The quantitative estimate of drug-likeness (QED) is 0.933. The van der Waals surface area contributed by atoms with E-state index in [1.807, 2.05) is 17.5 Å². The van der Waals surface area contributed by atoms with E-state index in [0.29, 0.717) is 6.54 Å². The zero-order valence-corrected chi connectivity index (χ0v) is 13.0. The molecule has 1 fully saturated rings. The third-order valence-corrected chi connectivity index (χ3v) is 4.40. The standard InChI is InChI=1S/C16H15FN2O3S/c17-12-5-1-2-6-13(12)18-16(21)14-9-22-10-15(20)19(14)8-11-4-3-7-23-11/h1-7,14H,8-10H2,(H,18,21). The molecule has 1 unspecified atom stereocenters. The second kappa shape index (κ2) is 6.89. The summed E-state index contributed by atoms with van der Waals surface area (Å²) in [5, 5.41) is 4.44. The predicted molar refractivity (Wildman–Crippen MR) is 84.5 cm³/mol. The fourth-order valence-corrected chi connectivity index (χ4v) is 3.07. The van der Waals surface area contributed by atoms with Crippen molar-refractivity contribution < 1.29 is 18.7 Å². The summed E-state index contributed by atoms with van der Waals surface area (Å²) < 4.78 is 18.9. The van der Waals surface area contributed by atoms with E-state index in [4.69, 9.17) is 4.74 Å². The molecule has 0 radical (unpaired) electrons. The van der Waals surface area contributed by atoms with Gasteiger partial charge in [0.2, 0.25) is 11.8 Å². The van der Waals surface area contributed by atoms with Crippen LogP contribution in [0.4, 0.5) is 10.1 Å². The van der Waals surface area contributed by atoms with E-state index in [9.17, 15) is 14.0 Å². The lowest BCUT2D eigenvalue weighted by molar-refractivity contribution is -0.153. The Kier molecular flexibility index (Phi) is 4.68.